The number of benzene rings is 1. The molecule has 1 amide bonds. The van der Waals surface area contributed by atoms with Crippen molar-refractivity contribution in [1.29, 1.82) is 0 Å². The predicted molar refractivity (Wildman–Crippen MR) is 116 cm³/mol. The van der Waals surface area contributed by atoms with E-state index in [2.05, 4.69) is 15.2 Å². The van der Waals surface area contributed by atoms with Crippen molar-refractivity contribution < 1.29 is 4.79 Å². The van der Waals surface area contributed by atoms with E-state index in [-0.39, 0.29) is 28.6 Å². The van der Waals surface area contributed by atoms with E-state index in [1.165, 1.54) is 6.07 Å². The first-order valence-electron chi connectivity index (χ1n) is 10.1. The summed E-state index contributed by atoms with van der Waals surface area (Å²) in [4.78, 5) is 42.2. The lowest BCUT2D eigenvalue weighted by molar-refractivity contribution is 0.0938. The topological polar surface area (TPSA) is 92.1 Å². The fourth-order valence-corrected chi connectivity index (χ4v) is 4.08. The molecule has 8 heteroatoms. The number of H-pyrrole nitrogens is 1. The summed E-state index contributed by atoms with van der Waals surface area (Å²) in [5.41, 5.74) is 2.02. The standard InChI is InChI=1S/C22H25N5O3/c1-3-26-15(2)20(22(30)27(26)17-7-5-4-6-8-17)21(29)24-16-11-12-25(14-16)18-9-10-19(28)23-13-18/h4-10,13,16H,3,11-12,14H2,1-2H3,(H,23,28)(H,24,29)/t16-/m0/s1. The average molecular weight is 407 g/mol. The third-order valence-corrected chi connectivity index (χ3v) is 5.58. The number of carbonyl (C=O) groups is 1. The first-order valence-corrected chi connectivity index (χ1v) is 10.1. The molecule has 1 atom stereocenters. The van der Waals surface area contributed by atoms with Crippen molar-refractivity contribution in [3.63, 3.8) is 0 Å². The van der Waals surface area contributed by atoms with Crippen molar-refractivity contribution in [2.45, 2.75) is 32.9 Å². The molecule has 156 valence electrons. The van der Waals surface area contributed by atoms with Gasteiger partial charge in [0.1, 0.15) is 5.56 Å². The molecule has 2 N–H and O–H groups in total. The van der Waals surface area contributed by atoms with E-state index in [9.17, 15) is 14.4 Å². The number of hydrogen-bond acceptors (Lipinski definition) is 4. The van der Waals surface area contributed by atoms with Gasteiger partial charge in [-0.3, -0.25) is 19.1 Å². The second-order valence-corrected chi connectivity index (χ2v) is 7.44. The summed E-state index contributed by atoms with van der Waals surface area (Å²) in [6.45, 7) is 5.72. The molecule has 2 aromatic heterocycles. The fourth-order valence-electron chi connectivity index (χ4n) is 4.08. The Morgan fingerprint density at radius 1 is 1.13 bits per heavy atom. The van der Waals surface area contributed by atoms with Crippen molar-refractivity contribution in [2.75, 3.05) is 18.0 Å². The number of rotatable bonds is 5. The Hall–Kier alpha value is -3.55. The van der Waals surface area contributed by atoms with E-state index in [1.54, 1.807) is 23.9 Å². The lowest BCUT2D eigenvalue weighted by atomic mass is 10.2. The number of aromatic nitrogens is 3. The van der Waals surface area contributed by atoms with Crippen LogP contribution in [0.1, 0.15) is 29.4 Å². The minimum absolute atomic E-state index is 0.0709. The quantitative estimate of drug-likeness (QED) is 0.673. The molecular weight excluding hydrogens is 382 g/mol. The summed E-state index contributed by atoms with van der Waals surface area (Å²) in [7, 11) is 0. The maximum atomic E-state index is 13.1. The highest BCUT2D eigenvalue weighted by molar-refractivity contribution is 5.95. The number of aromatic amines is 1. The first kappa shape index (κ1) is 19.8. The number of pyridine rings is 1. The summed E-state index contributed by atoms with van der Waals surface area (Å²) < 4.78 is 3.39. The number of amides is 1. The Morgan fingerprint density at radius 2 is 1.90 bits per heavy atom. The molecule has 4 rings (SSSR count). The molecule has 3 heterocycles. The van der Waals surface area contributed by atoms with Crippen LogP contribution in [-0.2, 0) is 6.54 Å². The highest BCUT2D eigenvalue weighted by Gasteiger charge is 2.28. The molecule has 8 nitrogen and oxygen atoms in total. The van der Waals surface area contributed by atoms with Crippen molar-refractivity contribution in [3.8, 4) is 5.69 Å². The molecule has 1 aromatic carbocycles. The molecule has 30 heavy (non-hydrogen) atoms. The lowest BCUT2D eigenvalue weighted by Gasteiger charge is -2.18. The van der Waals surface area contributed by atoms with Crippen LogP contribution in [0.25, 0.3) is 5.69 Å². The SMILES string of the molecule is CCn1c(C)c(C(=O)N[C@H]2CCN(c3ccc(=O)[nH]c3)C2)c(=O)n1-c1ccccc1. The van der Waals surface area contributed by atoms with Crippen LogP contribution < -0.4 is 21.3 Å². The molecule has 1 aliphatic rings. The van der Waals surface area contributed by atoms with E-state index in [4.69, 9.17) is 0 Å². The molecule has 0 aliphatic carbocycles. The number of para-hydroxylation sites is 1. The van der Waals surface area contributed by atoms with Crippen LogP contribution in [0.4, 0.5) is 5.69 Å². The van der Waals surface area contributed by atoms with Crippen molar-refractivity contribution in [3.05, 3.63) is 80.6 Å². The van der Waals surface area contributed by atoms with E-state index in [0.29, 0.717) is 18.8 Å². The van der Waals surface area contributed by atoms with Crippen molar-refractivity contribution >= 4 is 11.6 Å². The van der Waals surface area contributed by atoms with Gasteiger partial charge in [0, 0.05) is 37.9 Å². The van der Waals surface area contributed by atoms with Gasteiger partial charge in [-0.05, 0) is 38.5 Å². The van der Waals surface area contributed by atoms with Gasteiger partial charge in [-0.15, -0.1) is 0 Å². The maximum absolute atomic E-state index is 13.1. The summed E-state index contributed by atoms with van der Waals surface area (Å²) in [5, 5.41) is 3.02. The second kappa shape index (κ2) is 8.06. The predicted octanol–water partition coefficient (Wildman–Crippen LogP) is 1.66. The smallest absolute Gasteiger partial charge is 0.284 e. The zero-order valence-corrected chi connectivity index (χ0v) is 17.1. The second-order valence-electron chi connectivity index (χ2n) is 7.44. The molecule has 3 aromatic rings. The summed E-state index contributed by atoms with van der Waals surface area (Å²) >= 11 is 0. The Balaban J connectivity index is 1.56. The van der Waals surface area contributed by atoms with Crippen molar-refractivity contribution in [2.24, 2.45) is 0 Å². The minimum Gasteiger partial charge on any atom is -0.368 e. The molecule has 0 spiro atoms. The number of anilines is 1. The van der Waals surface area contributed by atoms with E-state index >= 15 is 0 Å². The molecule has 0 unspecified atom stereocenters. The van der Waals surface area contributed by atoms with Gasteiger partial charge in [-0.25, -0.2) is 4.68 Å². The van der Waals surface area contributed by atoms with Crippen molar-refractivity contribution in [1.82, 2.24) is 19.7 Å². The van der Waals surface area contributed by atoms with E-state index < -0.39 is 0 Å². The van der Waals surface area contributed by atoms with Crippen LogP contribution in [0, 0.1) is 6.92 Å². The van der Waals surface area contributed by atoms with Crippen LogP contribution in [0.15, 0.2) is 58.3 Å². The molecule has 1 fully saturated rings. The molecular formula is C22H25N5O3. The van der Waals surface area contributed by atoms with Gasteiger partial charge in [0.25, 0.3) is 11.5 Å². The minimum atomic E-state index is -0.345. The Kier molecular flexibility index (Phi) is 5.31. The molecule has 0 bridgehead atoms. The zero-order valence-electron chi connectivity index (χ0n) is 17.1. The summed E-state index contributed by atoms with van der Waals surface area (Å²) in [5.74, 6) is -0.345. The number of nitrogens with zero attached hydrogens (tertiary/aromatic N) is 3. The molecule has 1 saturated heterocycles. The molecule has 0 saturated carbocycles. The summed E-state index contributed by atoms with van der Waals surface area (Å²) in [6.07, 6.45) is 2.45. The summed E-state index contributed by atoms with van der Waals surface area (Å²) in [6, 6.07) is 12.5. The fraction of sp³-hybridized carbons (Fsp3) is 0.318. The third-order valence-electron chi connectivity index (χ3n) is 5.58. The highest BCUT2D eigenvalue weighted by atomic mass is 16.2. The Bertz CT molecular complexity index is 1160. The van der Waals surface area contributed by atoms with Crippen LogP contribution >= 0.6 is 0 Å². The van der Waals surface area contributed by atoms with Crippen LogP contribution in [0.2, 0.25) is 0 Å². The highest BCUT2D eigenvalue weighted by Crippen LogP contribution is 2.19. The molecule has 1 aliphatic heterocycles. The largest absolute Gasteiger partial charge is 0.368 e. The maximum Gasteiger partial charge on any atom is 0.284 e. The number of carbonyl (C=O) groups excluding carboxylic acids is 1. The van der Waals surface area contributed by atoms with Gasteiger partial charge in [0.05, 0.1) is 17.1 Å². The van der Waals surface area contributed by atoms with Gasteiger partial charge < -0.3 is 15.2 Å². The van der Waals surface area contributed by atoms with Gasteiger partial charge >= 0.3 is 0 Å². The number of hydrogen-bond donors (Lipinski definition) is 2. The monoisotopic (exact) mass is 407 g/mol. The van der Waals surface area contributed by atoms with Crippen LogP contribution in [-0.4, -0.2) is 39.4 Å². The van der Waals surface area contributed by atoms with Gasteiger partial charge in [0.2, 0.25) is 5.56 Å². The Labute approximate surface area is 173 Å². The van der Waals surface area contributed by atoms with E-state index in [1.807, 2.05) is 41.9 Å². The van der Waals surface area contributed by atoms with E-state index in [0.717, 1.165) is 24.3 Å². The Morgan fingerprint density at radius 3 is 2.57 bits per heavy atom. The normalized spacial score (nSPS) is 16.1. The van der Waals surface area contributed by atoms with Gasteiger partial charge in [-0.2, -0.15) is 0 Å². The lowest BCUT2D eigenvalue weighted by Crippen LogP contribution is -2.39. The van der Waals surface area contributed by atoms with Gasteiger partial charge in [-0.1, -0.05) is 18.2 Å². The average Bonchev–Trinajstić information content (AvgIpc) is 3.30. The molecule has 0 radical (unpaired) electrons. The number of nitrogens with one attached hydrogen (secondary N) is 2. The van der Waals surface area contributed by atoms with Crippen LogP contribution in [0.3, 0.4) is 0 Å². The zero-order chi connectivity index (χ0) is 21.3. The first-order chi connectivity index (χ1) is 14.5. The third kappa shape index (κ3) is 3.56. The van der Waals surface area contributed by atoms with Gasteiger partial charge in [0.15, 0.2) is 0 Å². The van der Waals surface area contributed by atoms with Crippen LogP contribution in [0.5, 0.6) is 0 Å².